The number of aryl methyl sites for hydroxylation is 1. The lowest BCUT2D eigenvalue weighted by Crippen LogP contribution is -2.10. The second-order valence-electron chi connectivity index (χ2n) is 3.10. The van der Waals surface area contributed by atoms with E-state index >= 15 is 0 Å². The van der Waals surface area contributed by atoms with Gasteiger partial charge in [-0.15, -0.1) is 0 Å². The first-order chi connectivity index (χ1) is 6.20. The summed E-state index contributed by atoms with van der Waals surface area (Å²) in [5, 5.41) is 3.13. The number of hydrogen-bond acceptors (Lipinski definition) is 2. The van der Waals surface area contributed by atoms with Gasteiger partial charge in [-0.2, -0.15) is 0 Å². The molecular formula is C9H16BrN3. The second-order valence-corrected chi connectivity index (χ2v) is 3.86. The van der Waals surface area contributed by atoms with E-state index in [0.29, 0.717) is 0 Å². The molecule has 0 aromatic carbocycles. The zero-order valence-corrected chi connectivity index (χ0v) is 9.98. The Morgan fingerprint density at radius 3 is 2.77 bits per heavy atom. The molecule has 3 nitrogen and oxygen atoms in total. The van der Waals surface area contributed by atoms with Crippen LogP contribution in [0.5, 0.6) is 0 Å². The van der Waals surface area contributed by atoms with Gasteiger partial charge in [0.25, 0.3) is 0 Å². The summed E-state index contributed by atoms with van der Waals surface area (Å²) in [6, 6.07) is 0. The van der Waals surface area contributed by atoms with Crippen molar-refractivity contribution in [1.29, 1.82) is 0 Å². The molecule has 0 saturated heterocycles. The monoisotopic (exact) mass is 245 g/mol. The third-order valence-corrected chi connectivity index (χ3v) is 2.71. The first-order valence-electron chi connectivity index (χ1n) is 4.55. The van der Waals surface area contributed by atoms with Crippen molar-refractivity contribution >= 4 is 15.9 Å². The van der Waals surface area contributed by atoms with E-state index in [9.17, 15) is 0 Å². The molecule has 0 aliphatic carbocycles. The largest absolute Gasteiger partial charge is 0.333 e. The molecule has 1 N–H and O–H groups in total. The Hall–Kier alpha value is -0.350. The minimum atomic E-state index is 0.855. The van der Waals surface area contributed by atoms with E-state index in [0.717, 1.165) is 29.8 Å². The lowest BCUT2D eigenvalue weighted by Gasteiger charge is -2.04. The van der Waals surface area contributed by atoms with Gasteiger partial charge in [-0.1, -0.05) is 6.92 Å². The molecule has 0 atom stereocenters. The highest BCUT2D eigenvalue weighted by atomic mass is 79.9. The van der Waals surface area contributed by atoms with Crippen LogP contribution >= 0.6 is 15.9 Å². The second kappa shape index (κ2) is 4.77. The Balaban J connectivity index is 2.92. The first kappa shape index (κ1) is 10.7. The Morgan fingerprint density at radius 2 is 2.23 bits per heavy atom. The van der Waals surface area contributed by atoms with Crippen molar-refractivity contribution in [2.45, 2.75) is 26.3 Å². The van der Waals surface area contributed by atoms with Gasteiger partial charge in [0, 0.05) is 20.0 Å². The van der Waals surface area contributed by atoms with E-state index in [-0.39, 0.29) is 0 Å². The minimum absolute atomic E-state index is 0.855. The normalized spacial score (nSPS) is 10.8. The van der Waals surface area contributed by atoms with Gasteiger partial charge in [-0.3, -0.25) is 0 Å². The SMILES string of the molecule is CCCc1nc(Br)c(CNC)n1C. The lowest BCUT2D eigenvalue weighted by molar-refractivity contribution is 0.692. The maximum atomic E-state index is 4.46. The number of rotatable bonds is 4. The molecule has 74 valence electrons. The molecule has 0 radical (unpaired) electrons. The molecule has 4 heteroatoms. The molecule has 0 spiro atoms. The highest BCUT2D eigenvalue weighted by molar-refractivity contribution is 9.10. The Bertz CT molecular complexity index is 281. The molecule has 13 heavy (non-hydrogen) atoms. The molecule has 1 aromatic heterocycles. The van der Waals surface area contributed by atoms with Crippen LogP contribution in [0.1, 0.15) is 24.9 Å². The van der Waals surface area contributed by atoms with Crippen LogP contribution in [0.4, 0.5) is 0 Å². The summed E-state index contributed by atoms with van der Waals surface area (Å²) in [5.74, 6) is 1.15. The molecule has 1 aromatic rings. The molecule has 0 bridgehead atoms. The van der Waals surface area contributed by atoms with E-state index in [1.165, 1.54) is 5.69 Å². The summed E-state index contributed by atoms with van der Waals surface area (Å²) in [6.07, 6.45) is 2.18. The molecule has 0 saturated carbocycles. The predicted molar refractivity (Wildman–Crippen MR) is 57.7 cm³/mol. The molecule has 1 rings (SSSR count). The van der Waals surface area contributed by atoms with Gasteiger partial charge in [-0.05, 0) is 29.4 Å². The van der Waals surface area contributed by atoms with Crippen LogP contribution in [-0.2, 0) is 20.0 Å². The van der Waals surface area contributed by atoms with Crippen LogP contribution in [0.25, 0.3) is 0 Å². The summed E-state index contributed by atoms with van der Waals surface area (Å²) in [6.45, 7) is 3.02. The zero-order chi connectivity index (χ0) is 9.84. The number of nitrogens with zero attached hydrogens (tertiary/aromatic N) is 2. The number of aromatic nitrogens is 2. The van der Waals surface area contributed by atoms with Crippen LogP contribution < -0.4 is 5.32 Å². The fraction of sp³-hybridized carbons (Fsp3) is 0.667. The fourth-order valence-corrected chi connectivity index (χ4v) is 1.96. The van der Waals surface area contributed by atoms with Crippen LogP contribution in [0.3, 0.4) is 0 Å². The molecule has 0 fully saturated rings. The summed E-state index contributed by atoms with van der Waals surface area (Å²) < 4.78 is 3.12. The Labute approximate surface area is 87.7 Å². The van der Waals surface area contributed by atoms with Crippen molar-refractivity contribution in [1.82, 2.24) is 14.9 Å². The molecule has 0 unspecified atom stereocenters. The van der Waals surface area contributed by atoms with Gasteiger partial charge < -0.3 is 9.88 Å². The summed E-state index contributed by atoms with van der Waals surface area (Å²) >= 11 is 3.47. The van der Waals surface area contributed by atoms with E-state index in [4.69, 9.17) is 0 Å². The van der Waals surface area contributed by atoms with Crippen molar-refractivity contribution in [3.8, 4) is 0 Å². The summed E-state index contributed by atoms with van der Waals surface area (Å²) in [7, 11) is 4.01. The smallest absolute Gasteiger partial charge is 0.128 e. The van der Waals surface area contributed by atoms with Crippen LogP contribution in [0, 0.1) is 0 Å². The van der Waals surface area contributed by atoms with Crippen LogP contribution in [0.15, 0.2) is 4.60 Å². The molecule has 0 aliphatic heterocycles. The fourth-order valence-electron chi connectivity index (χ4n) is 1.35. The molecule has 1 heterocycles. The van der Waals surface area contributed by atoms with Gasteiger partial charge >= 0.3 is 0 Å². The van der Waals surface area contributed by atoms with Crippen molar-refractivity contribution < 1.29 is 0 Å². The average Bonchev–Trinajstić information content (AvgIpc) is 2.34. The Kier molecular flexibility index (Phi) is 3.93. The number of imidazole rings is 1. The van der Waals surface area contributed by atoms with Crippen molar-refractivity contribution in [3.05, 3.63) is 16.1 Å². The maximum Gasteiger partial charge on any atom is 0.128 e. The number of halogens is 1. The topological polar surface area (TPSA) is 29.9 Å². The van der Waals surface area contributed by atoms with E-state index < -0.39 is 0 Å². The van der Waals surface area contributed by atoms with Gasteiger partial charge in [0.1, 0.15) is 10.4 Å². The van der Waals surface area contributed by atoms with E-state index in [1.807, 2.05) is 7.05 Å². The Morgan fingerprint density at radius 1 is 1.54 bits per heavy atom. The van der Waals surface area contributed by atoms with Gasteiger partial charge in [0.15, 0.2) is 0 Å². The lowest BCUT2D eigenvalue weighted by atomic mass is 10.3. The van der Waals surface area contributed by atoms with Crippen molar-refractivity contribution in [3.63, 3.8) is 0 Å². The van der Waals surface area contributed by atoms with Crippen LogP contribution in [0.2, 0.25) is 0 Å². The molecule has 0 aliphatic rings. The minimum Gasteiger partial charge on any atom is -0.333 e. The standard InChI is InChI=1S/C9H16BrN3/c1-4-5-8-12-9(10)7(6-11-2)13(8)3/h11H,4-6H2,1-3H3. The summed E-state index contributed by atoms with van der Waals surface area (Å²) in [4.78, 5) is 4.46. The van der Waals surface area contributed by atoms with E-state index in [1.54, 1.807) is 0 Å². The predicted octanol–water partition coefficient (Wildman–Crippen LogP) is 1.85. The van der Waals surface area contributed by atoms with Crippen molar-refractivity contribution in [2.75, 3.05) is 7.05 Å². The third-order valence-electron chi connectivity index (χ3n) is 2.08. The quantitative estimate of drug-likeness (QED) is 0.878. The number of nitrogens with one attached hydrogen (secondary N) is 1. The van der Waals surface area contributed by atoms with Crippen LogP contribution in [-0.4, -0.2) is 16.6 Å². The summed E-state index contributed by atoms with van der Waals surface area (Å²) in [5.41, 5.74) is 1.21. The maximum absolute atomic E-state index is 4.46. The highest BCUT2D eigenvalue weighted by Gasteiger charge is 2.10. The first-order valence-corrected chi connectivity index (χ1v) is 5.34. The van der Waals surface area contributed by atoms with Crippen molar-refractivity contribution in [2.24, 2.45) is 7.05 Å². The molecular weight excluding hydrogens is 230 g/mol. The average molecular weight is 246 g/mol. The number of hydrogen-bond donors (Lipinski definition) is 1. The van der Waals surface area contributed by atoms with Gasteiger partial charge in [-0.25, -0.2) is 4.98 Å². The van der Waals surface area contributed by atoms with Gasteiger partial charge in [0.2, 0.25) is 0 Å². The highest BCUT2D eigenvalue weighted by Crippen LogP contribution is 2.17. The van der Waals surface area contributed by atoms with Gasteiger partial charge in [0.05, 0.1) is 5.69 Å². The zero-order valence-electron chi connectivity index (χ0n) is 8.39. The third kappa shape index (κ3) is 2.31. The van der Waals surface area contributed by atoms with E-state index in [2.05, 4.69) is 44.8 Å². The molecule has 0 amide bonds.